The van der Waals surface area contributed by atoms with E-state index in [1.807, 2.05) is 13.0 Å². The van der Waals surface area contributed by atoms with E-state index >= 15 is 0 Å². The first-order chi connectivity index (χ1) is 8.97. The van der Waals surface area contributed by atoms with Crippen LogP contribution >= 0.6 is 0 Å². The zero-order valence-corrected chi connectivity index (χ0v) is 10.8. The molecule has 0 bridgehead atoms. The molecular weight excluding hydrogens is 244 g/mol. The van der Waals surface area contributed by atoms with Crippen LogP contribution in [-0.4, -0.2) is 23.0 Å². The van der Waals surface area contributed by atoms with Crippen LogP contribution in [0.1, 0.15) is 35.2 Å². The highest BCUT2D eigenvalue weighted by Gasteiger charge is 2.30. The highest BCUT2D eigenvalue weighted by Crippen LogP contribution is 2.26. The fourth-order valence-electron chi connectivity index (χ4n) is 2.47. The number of nitrogens with two attached hydrogens (primary N) is 1. The van der Waals surface area contributed by atoms with Crippen molar-refractivity contribution in [2.24, 2.45) is 5.92 Å². The Kier molecular flexibility index (Phi) is 3.74. The first kappa shape index (κ1) is 13.4. The summed E-state index contributed by atoms with van der Waals surface area (Å²) in [7, 11) is 0. The maximum Gasteiger partial charge on any atom is 0.306 e. The molecule has 2 atom stereocenters. The van der Waals surface area contributed by atoms with Gasteiger partial charge in [-0.2, -0.15) is 0 Å². The molecule has 1 fully saturated rings. The third kappa shape index (κ3) is 3.05. The van der Waals surface area contributed by atoms with Gasteiger partial charge < -0.3 is 16.2 Å². The number of aliphatic carboxylic acids is 1. The molecule has 2 unspecified atom stereocenters. The number of benzene rings is 1. The van der Waals surface area contributed by atoms with Crippen LogP contribution < -0.4 is 11.1 Å². The number of aryl methyl sites for hydroxylation is 1. The van der Waals surface area contributed by atoms with E-state index < -0.39 is 5.97 Å². The summed E-state index contributed by atoms with van der Waals surface area (Å²) in [5.74, 6) is -1.36. The second-order valence-corrected chi connectivity index (χ2v) is 5.11. The van der Waals surface area contributed by atoms with Crippen LogP contribution in [0.4, 0.5) is 5.69 Å². The average molecular weight is 262 g/mol. The maximum absolute atomic E-state index is 12.1. The topological polar surface area (TPSA) is 92.4 Å². The Hall–Kier alpha value is -2.04. The summed E-state index contributed by atoms with van der Waals surface area (Å²) in [5.41, 5.74) is 7.65. The van der Waals surface area contributed by atoms with E-state index in [0.717, 1.165) is 5.56 Å². The normalized spacial score (nSPS) is 22.2. The number of carbonyl (C=O) groups is 2. The zero-order chi connectivity index (χ0) is 14.0. The summed E-state index contributed by atoms with van der Waals surface area (Å²) in [6.07, 6.45) is 1.81. The molecule has 4 N–H and O–H groups in total. The van der Waals surface area contributed by atoms with Gasteiger partial charge in [-0.3, -0.25) is 9.59 Å². The molecule has 0 saturated heterocycles. The molecule has 1 aromatic rings. The number of rotatable bonds is 3. The summed E-state index contributed by atoms with van der Waals surface area (Å²) >= 11 is 0. The molecule has 2 rings (SSSR count). The Morgan fingerprint density at radius 1 is 1.37 bits per heavy atom. The lowest BCUT2D eigenvalue weighted by Gasteiger charge is -2.14. The van der Waals surface area contributed by atoms with Crippen molar-refractivity contribution in [3.63, 3.8) is 0 Å². The fraction of sp³-hybridized carbons (Fsp3) is 0.429. The Labute approximate surface area is 111 Å². The van der Waals surface area contributed by atoms with E-state index in [1.54, 1.807) is 12.1 Å². The van der Waals surface area contributed by atoms with Crippen LogP contribution in [-0.2, 0) is 4.79 Å². The van der Waals surface area contributed by atoms with Gasteiger partial charge >= 0.3 is 5.97 Å². The molecule has 1 saturated carbocycles. The smallest absolute Gasteiger partial charge is 0.306 e. The van der Waals surface area contributed by atoms with E-state index in [-0.39, 0.29) is 17.9 Å². The second-order valence-electron chi connectivity index (χ2n) is 5.11. The highest BCUT2D eigenvalue weighted by atomic mass is 16.4. The number of nitrogens with one attached hydrogen (secondary N) is 1. The first-order valence-corrected chi connectivity index (χ1v) is 6.37. The van der Waals surface area contributed by atoms with E-state index in [2.05, 4.69) is 5.32 Å². The molecule has 0 spiro atoms. The van der Waals surface area contributed by atoms with E-state index in [9.17, 15) is 9.59 Å². The van der Waals surface area contributed by atoms with Crippen LogP contribution in [0, 0.1) is 12.8 Å². The van der Waals surface area contributed by atoms with Crippen molar-refractivity contribution in [3.8, 4) is 0 Å². The van der Waals surface area contributed by atoms with Gasteiger partial charge in [0.15, 0.2) is 0 Å². The zero-order valence-electron chi connectivity index (χ0n) is 10.8. The van der Waals surface area contributed by atoms with Crippen molar-refractivity contribution in [3.05, 3.63) is 29.3 Å². The third-order valence-electron chi connectivity index (χ3n) is 3.57. The van der Waals surface area contributed by atoms with Gasteiger partial charge in [0, 0.05) is 11.7 Å². The number of amides is 1. The molecule has 19 heavy (non-hydrogen) atoms. The van der Waals surface area contributed by atoms with Gasteiger partial charge in [0.25, 0.3) is 5.91 Å². The molecule has 0 heterocycles. The number of hydrogen-bond acceptors (Lipinski definition) is 3. The van der Waals surface area contributed by atoms with Crippen molar-refractivity contribution in [2.75, 3.05) is 5.73 Å². The Morgan fingerprint density at radius 3 is 2.74 bits per heavy atom. The summed E-state index contributed by atoms with van der Waals surface area (Å²) < 4.78 is 0. The summed E-state index contributed by atoms with van der Waals surface area (Å²) in [6.45, 7) is 1.90. The van der Waals surface area contributed by atoms with Gasteiger partial charge in [0.05, 0.1) is 11.5 Å². The maximum atomic E-state index is 12.1. The van der Waals surface area contributed by atoms with Gasteiger partial charge in [-0.05, 0) is 38.3 Å². The SMILES string of the molecule is Cc1ccc(N)c(C(=O)NC2CCC(C(=O)O)C2)c1. The fourth-order valence-corrected chi connectivity index (χ4v) is 2.47. The van der Waals surface area contributed by atoms with Crippen molar-refractivity contribution in [1.82, 2.24) is 5.32 Å². The Bertz CT molecular complexity index is 513. The molecular formula is C14H18N2O3. The molecule has 5 heteroatoms. The van der Waals surface area contributed by atoms with Crippen LogP contribution in [0.15, 0.2) is 18.2 Å². The third-order valence-corrected chi connectivity index (χ3v) is 3.57. The quantitative estimate of drug-likeness (QED) is 0.721. The van der Waals surface area contributed by atoms with Gasteiger partial charge in [0.1, 0.15) is 0 Å². The highest BCUT2D eigenvalue weighted by molar-refractivity contribution is 5.99. The van der Waals surface area contributed by atoms with E-state index in [1.165, 1.54) is 0 Å². The minimum absolute atomic E-state index is 0.0755. The Morgan fingerprint density at radius 2 is 2.11 bits per heavy atom. The molecule has 1 amide bonds. The lowest BCUT2D eigenvalue weighted by Crippen LogP contribution is -2.33. The number of carbonyl (C=O) groups excluding carboxylic acids is 1. The van der Waals surface area contributed by atoms with Crippen LogP contribution in [0.25, 0.3) is 0 Å². The minimum atomic E-state index is -0.785. The van der Waals surface area contributed by atoms with Crippen molar-refractivity contribution in [1.29, 1.82) is 0 Å². The summed E-state index contributed by atoms with van der Waals surface area (Å²) in [5, 5.41) is 11.8. The lowest BCUT2D eigenvalue weighted by atomic mass is 10.1. The van der Waals surface area contributed by atoms with Crippen molar-refractivity contribution >= 4 is 17.6 Å². The molecule has 0 aliphatic heterocycles. The van der Waals surface area contributed by atoms with Crippen LogP contribution in [0.3, 0.4) is 0 Å². The molecule has 0 radical (unpaired) electrons. The minimum Gasteiger partial charge on any atom is -0.481 e. The number of nitrogen functional groups attached to an aromatic ring is 1. The molecule has 1 aliphatic carbocycles. The lowest BCUT2D eigenvalue weighted by molar-refractivity contribution is -0.141. The molecule has 5 nitrogen and oxygen atoms in total. The summed E-state index contributed by atoms with van der Waals surface area (Å²) in [4.78, 5) is 23.0. The van der Waals surface area contributed by atoms with Gasteiger partial charge in [-0.15, -0.1) is 0 Å². The summed E-state index contributed by atoms with van der Waals surface area (Å²) in [6, 6.07) is 5.23. The van der Waals surface area contributed by atoms with Crippen LogP contribution in [0.5, 0.6) is 0 Å². The van der Waals surface area contributed by atoms with E-state index in [0.29, 0.717) is 30.5 Å². The van der Waals surface area contributed by atoms with Gasteiger partial charge in [0.2, 0.25) is 0 Å². The van der Waals surface area contributed by atoms with Gasteiger partial charge in [-0.1, -0.05) is 11.6 Å². The second kappa shape index (κ2) is 5.30. The predicted octanol–water partition coefficient (Wildman–Crippen LogP) is 1.56. The largest absolute Gasteiger partial charge is 0.481 e. The molecule has 1 aliphatic rings. The number of carboxylic acid groups (broad SMARTS) is 1. The Balaban J connectivity index is 2.02. The van der Waals surface area contributed by atoms with Gasteiger partial charge in [-0.25, -0.2) is 0 Å². The average Bonchev–Trinajstić information content (AvgIpc) is 2.80. The predicted molar refractivity (Wildman–Crippen MR) is 71.8 cm³/mol. The van der Waals surface area contributed by atoms with Crippen LogP contribution in [0.2, 0.25) is 0 Å². The monoisotopic (exact) mass is 262 g/mol. The molecule has 1 aromatic carbocycles. The standard InChI is InChI=1S/C14H18N2O3/c1-8-2-5-12(15)11(6-8)13(17)16-10-4-3-9(7-10)14(18)19/h2,5-6,9-10H,3-4,7,15H2,1H3,(H,16,17)(H,18,19). The number of anilines is 1. The first-order valence-electron chi connectivity index (χ1n) is 6.37. The molecule has 102 valence electrons. The van der Waals surface area contributed by atoms with E-state index in [4.69, 9.17) is 10.8 Å². The molecule has 0 aromatic heterocycles. The number of carboxylic acids is 1. The number of hydrogen-bond donors (Lipinski definition) is 3. The van der Waals surface area contributed by atoms with Crippen molar-refractivity contribution in [2.45, 2.75) is 32.2 Å². The van der Waals surface area contributed by atoms with Crippen molar-refractivity contribution < 1.29 is 14.7 Å².